The fraction of sp³-hybridized carbons (Fsp3) is 1.00. The third-order valence-electron chi connectivity index (χ3n) is 6.11. The predicted molar refractivity (Wildman–Crippen MR) is 86.3 cm³/mol. The number of hydrogen-bond donors (Lipinski definition) is 2. The van der Waals surface area contributed by atoms with Gasteiger partial charge in [-0.25, -0.2) is 0 Å². The summed E-state index contributed by atoms with van der Waals surface area (Å²) >= 11 is 0. The molecule has 2 rings (SSSR count). The number of hydrogen-bond acceptors (Lipinski definition) is 4. The lowest BCUT2D eigenvalue weighted by Crippen LogP contribution is -2.46. The minimum absolute atomic E-state index is 0.289. The van der Waals surface area contributed by atoms with E-state index in [9.17, 15) is 0 Å². The molecule has 2 saturated heterocycles. The van der Waals surface area contributed by atoms with Gasteiger partial charge in [-0.05, 0) is 69.1 Å². The fourth-order valence-corrected chi connectivity index (χ4v) is 4.42. The summed E-state index contributed by atoms with van der Waals surface area (Å²) < 4.78 is 0. The molecule has 2 aliphatic heterocycles. The predicted octanol–water partition coefficient (Wildman–Crippen LogP) is 1.42. The number of β-amino-alcohol motifs (C(OH)–C–C–N with tert-alkyl or cyclic N) is 2. The molecule has 0 unspecified atom stereocenters. The second-order valence-electron chi connectivity index (χ2n) is 7.50. The van der Waals surface area contributed by atoms with E-state index in [1.807, 2.05) is 0 Å². The van der Waals surface area contributed by atoms with E-state index in [1.165, 1.54) is 25.7 Å². The number of rotatable bonds is 6. The summed E-state index contributed by atoms with van der Waals surface area (Å²) in [5.41, 5.74) is 0.427. The quantitative estimate of drug-likeness (QED) is 0.778. The van der Waals surface area contributed by atoms with Gasteiger partial charge in [0.15, 0.2) is 0 Å². The summed E-state index contributed by atoms with van der Waals surface area (Å²) in [6.45, 7) is 11.8. The van der Waals surface area contributed by atoms with Gasteiger partial charge in [0.1, 0.15) is 0 Å². The Kier molecular flexibility index (Phi) is 6.48. The Morgan fingerprint density at radius 2 is 1.10 bits per heavy atom. The molecule has 0 aliphatic carbocycles. The van der Waals surface area contributed by atoms with Crippen LogP contribution in [0.4, 0.5) is 0 Å². The van der Waals surface area contributed by atoms with Crippen LogP contribution in [0.5, 0.6) is 0 Å². The Labute approximate surface area is 130 Å². The van der Waals surface area contributed by atoms with E-state index >= 15 is 0 Å². The topological polar surface area (TPSA) is 46.9 Å². The molecular weight excluding hydrogens is 264 g/mol. The highest BCUT2D eigenvalue weighted by Crippen LogP contribution is 2.45. The second-order valence-corrected chi connectivity index (χ2v) is 7.50. The van der Waals surface area contributed by atoms with Crippen molar-refractivity contribution >= 4 is 0 Å². The molecular formula is C17H34N2O2. The molecule has 2 heterocycles. The zero-order valence-electron chi connectivity index (χ0n) is 13.9. The zero-order valence-corrected chi connectivity index (χ0v) is 13.9. The highest BCUT2D eigenvalue weighted by Gasteiger charge is 2.39. The third-order valence-corrected chi connectivity index (χ3v) is 6.11. The highest BCUT2D eigenvalue weighted by molar-refractivity contribution is 4.90. The van der Waals surface area contributed by atoms with Crippen molar-refractivity contribution in [3.05, 3.63) is 0 Å². The van der Waals surface area contributed by atoms with E-state index < -0.39 is 0 Å². The molecule has 0 amide bonds. The van der Waals surface area contributed by atoms with Crippen LogP contribution in [0.1, 0.15) is 39.5 Å². The first-order valence-corrected chi connectivity index (χ1v) is 8.74. The van der Waals surface area contributed by atoms with Crippen molar-refractivity contribution in [2.45, 2.75) is 39.5 Å². The molecule has 0 aromatic rings. The van der Waals surface area contributed by atoms with Gasteiger partial charge >= 0.3 is 0 Å². The van der Waals surface area contributed by atoms with E-state index in [0.717, 1.165) is 51.1 Å². The van der Waals surface area contributed by atoms with Crippen molar-refractivity contribution < 1.29 is 10.2 Å². The second kappa shape index (κ2) is 7.91. The van der Waals surface area contributed by atoms with Gasteiger partial charge in [0, 0.05) is 13.1 Å². The van der Waals surface area contributed by atoms with Crippen molar-refractivity contribution in [3.63, 3.8) is 0 Å². The average molecular weight is 298 g/mol. The molecule has 2 fully saturated rings. The largest absolute Gasteiger partial charge is 0.395 e. The maximum Gasteiger partial charge on any atom is 0.0558 e. The molecule has 124 valence electrons. The van der Waals surface area contributed by atoms with Gasteiger partial charge in [-0.3, -0.25) is 0 Å². The van der Waals surface area contributed by atoms with Crippen LogP contribution in [0, 0.1) is 17.3 Å². The number of likely N-dealkylation sites (tertiary alicyclic amines) is 2. The van der Waals surface area contributed by atoms with Gasteiger partial charge in [0.05, 0.1) is 13.2 Å². The number of aliphatic hydroxyl groups is 2. The Balaban J connectivity index is 1.82. The maximum atomic E-state index is 9.05. The van der Waals surface area contributed by atoms with Crippen LogP contribution in [0.2, 0.25) is 0 Å². The van der Waals surface area contributed by atoms with Crippen LogP contribution in [-0.4, -0.2) is 72.5 Å². The van der Waals surface area contributed by atoms with Gasteiger partial charge < -0.3 is 20.0 Å². The van der Waals surface area contributed by atoms with Crippen molar-refractivity contribution in [2.75, 3.05) is 52.5 Å². The summed E-state index contributed by atoms with van der Waals surface area (Å²) in [6, 6.07) is 0. The van der Waals surface area contributed by atoms with E-state index in [4.69, 9.17) is 10.2 Å². The molecule has 0 aromatic carbocycles. The van der Waals surface area contributed by atoms with Gasteiger partial charge in [0.25, 0.3) is 0 Å². The Morgan fingerprint density at radius 3 is 1.38 bits per heavy atom. The van der Waals surface area contributed by atoms with Gasteiger partial charge in [-0.15, -0.1) is 0 Å². The first-order valence-electron chi connectivity index (χ1n) is 8.74. The molecule has 4 heteroatoms. The lowest BCUT2D eigenvalue weighted by molar-refractivity contribution is 0.0146. The molecule has 2 N–H and O–H groups in total. The molecule has 0 spiro atoms. The minimum Gasteiger partial charge on any atom is -0.395 e. The van der Waals surface area contributed by atoms with E-state index in [1.54, 1.807) is 0 Å². The van der Waals surface area contributed by atoms with Crippen molar-refractivity contribution in [2.24, 2.45) is 17.3 Å². The summed E-state index contributed by atoms with van der Waals surface area (Å²) in [5.74, 6) is 1.64. The van der Waals surface area contributed by atoms with Gasteiger partial charge in [-0.2, -0.15) is 0 Å². The van der Waals surface area contributed by atoms with Gasteiger partial charge in [-0.1, -0.05) is 13.8 Å². The smallest absolute Gasteiger partial charge is 0.0558 e. The molecule has 0 radical (unpaired) electrons. The number of nitrogens with zero attached hydrogens (tertiary/aromatic N) is 2. The summed E-state index contributed by atoms with van der Waals surface area (Å²) in [6.07, 6.45) is 5.13. The molecule has 0 saturated carbocycles. The lowest BCUT2D eigenvalue weighted by Gasteiger charge is -2.47. The Bertz CT molecular complexity index is 265. The van der Waals surface area contributed by atoms with E-state index in [0.29, 0.717) is 5.41 Å². The van der Waals surface area contributed by atoms with Crippen LogP contribution in [0.3, 0.4) is 0 Å². The standard InChI is InChI=1S/C17H34N2O2/c1-17(2,15-3-7-18(8-4-15)11-13-20)16-5-9-19(10-6-16)12-14-21/h15-16,20-21H,3-14H2,1-2H3. The van der Waals surface area contributed by atoms with Crippen molar-refractivity contribution in [3.8, 4) is 0 Å². The lowest BCUT2D eigenvalue weighted by atomic mass is 9.63. The molecule has 21 heavy (non-hydrogen) atoms. The van der Waals surface area contributed by atoms with Crippen molar-refractivity contribution in [1.82, 2.24) is 9.80 Å². The Morgan fingerprint density at radius 1 is 0.762 bits per heavy atom. The number of piperidine rings is 2. The zero-order chi connectivity index (χ0) is 15.3. The molecule has 0 bridgehead atoms. The molecule has 4 nitrogen and oxygen atoms in total. The van der Waals surface area contributed by atoms with E-state index in [-0.39, 0.29) is 13.2 Å². The van der Waals surface area contributed by atoms with Crippen LogP contribution in [0.15, 0.2) is 0 Å². The molecule has 0 aromatic heterocycles. The summed E-state index contributed by atoms with van der Waals surface area (Å²) in [5, 5.41) is 18.1. The SMILES string of the molecule is CC(C)(C1CCN(CCO)CC1)C1CCN(CCO)CC1. The average Bonchev–Trinajstić information content (AvgIpc) is 2.49. The van der Waals surface area contributed by atoms with Crippen molar-refractivity contribution in [1.29, 1.82) is 0 Å². The minimum atomic E-state index is 0.289. The fourth-order valence-electron chi connectivity index (χ4n) is 4.42. The van der Waals surface area contributed by atoms with Crippen LogP contribution >= 0.6 is 0 Å². The van der Waals surface area contributed by atoms with E-state index in [2.05, 4.69) is 23.6 Å². The molecule has 2 aliphatic rings. The first kappa shape index (κ1) is 17.2. The monoisotopic (exact) mass is 298 g/mol. The molecule has 0 atom stereocenters. The summed E-state index contributed by atoms with van der Waals surface area (Å²) in [4.78, 5) is 4.80. The van der Waals surface area contributed by atoms with Gasteiger partial charge in [0.2, 0.25) is 0 Å². The third kappa shape index (κ3) is 4.41. The summed E-state index contributed by atoms with van der Waals surface area (Å²) in [7, 11) is 0. The maximum absolute atomic E-state index is 9.05. The van der Waals surface area contributed by atoms with Crippen LogP contribution in [0.25, 0.3) is 0 Å². The van der Waals surface area contributed by atoms with Crippen LogP contribution in [-0.2, 0) is 0 Å². The number of aliphatic hydroxyl groups excluding tert-OH is 2. The van der Waals surface area contributed by atoms with Crippen LogP contribution < -0.4 is 0 Å². The normalized spacial score (nSPS) is 24.6. The first-order chi connectivity index (χ1) is 10.1. The highest BCUT2D eigenvalue weighted by atomic mass is 16.3. The Hall–Kier alpha value is -0.160.